The van der Waals surface area contributed by atoms with Crippen molar-refractivity contribution in [1.82, 2.24) is 9.97 Å². The normalized spacial score (nSPS) is 11.8. The van der Waals surface area contributed by atoms with E-state index in [0.717, 1.165) is 48.8 Å². The number of nitrogens with zero attached hydrogens (tertiary/aromatic N) is 2. The molecule has 0 unspecified atom stereocenters. The van der Waals surface area contributed by atoms with E-state index in [2.05, 4.69) is 30.4 Å². The molecule has 0 radical (unpaired) electrons. The topological polar surface area (TPSA) is 44.2 Å². The minimum Gasteiger partial charge on any atom is -0.494 e. The molecule has 0 saturated carbocycles. The van der Waals surface area contributed by atoms with Crippen molar-refractivity contribution in [2.75, 3.05) is 13.2 Å². The van der Waals surface area contributed by atoms with E-state index in [0.29, 0.717) is 12.4 Å². The summed E-state index contributed by atoms with van der Waals surface area (Å²) in [4.78, 5) is 8.89. The zero-order chi connectivity index (χ0) is 21.4. The van der Waals surface area contributed by atoms with Crippen molar-refractivity contribution < 1.29 is 9.47 Å². The van der Waals surface area contributed by atoms with Gasteiger partial charge in [0, 0.05) is 5.56 Å². The van der Waals surface area contributed by atoms with Crippen molar-refractivity contribution >= 4 is 0 Å². The second-order valence-electron chi connectivity index (χ2n) is 7.96. The Hall–Kier alpha value is -2.36. The summed E-state index contributed by atoms with van der Waals surface area (Å²) >= 11 is 0. The Morgan fingerprint density at radius 2 is 1.50 bits per heavy atom. The van der Waals surface area contributed by atoms with Crippen LogP contribution in [0.5, 0.6) is 11.5 Å². The van der Waals surface area contributed by atoms with E-state index in [4.69, 9.17) is 9.47 Å². The Balaban J connectivity index is 1.68. The largest absolute Gasteiger partial charge is 0.494 e. The summed E-state index contributed by atoms with van der Waals surface area (Å²) < 4.78 is 11.6. The molecule has 0 N–H and O–H groups in total. The average molecular weight is 411 g/mol. The lowest BCUT2D eigenvalue weighted by Crippen LogP contribution is -2.02. The van der Waals surface area contributed by atoms with Gasteiger partial charge in [0.05, 0.1) is 25.6 Å². The van der Waals surface area contributed by atoms with Crippen LogP contribution in [0.4, 0.5) is 0 Å². The third kappa shape index (κ3) is 9.43. The molecule has 4 nitrogen and oxygen atoms in total. The highest BCUT2D eigenvalue weighted by molar-refractivity contribution is 5.56. The van der Waals surface area contributed by atoms with E-state index in [-0.39, 0.29) is 0 Å². The van der Waals surface area contributed by atoms with Crippen LogP contribution in [0.3, 0.4) is 0 Å². The van der Waals surface area contributed by atoms with Crippen molar-refractivity contribution in [2.24, 2.45) is 5.92 Å². The number of benzene rings is 1. The third-order valence-electron chi connectivity index (χ3n) is 5.37. The number of ether oxygens (including phenoxy) is 2. The standard InChI is InChI=1S/C26H38N2O2/c1-4-6-7-8-9-10-11-18-29-24-16-14-23(15-17-24)26-27-20-25(21-28-26)30-19-12-13-22(3)5-2/h4,14-17,20-22H,1,5-13,18-19H2,2-3H3/t22-/m0/s1. The van der Waals surface area contributed by atoms with Gasteiger partial charge in [-0.15, -0.1) is 6.58 Å². The summed E-state index contributed by atoms with van der Waals surface area (Å²) in [6.07, 6.45) is 16.2. The molecule has 0 aliphatic carbocycles. The molecular weight excluding hydrogens is 372 g/mol. The van der Waals surface area contributed by atoms with Crippen molar-refractivity contribution in [3.63, 3.8) is 0 Å². The molecule has 1 aromatic carbocycles. The third-order valence-corrected chi connectivity index (χ3v) is 5.37. The first-order valence-corrected chi connectivity index (χ1v) is 11.5. The minimum absolute atomic E-state index is 0.702. The van der Waals surface area contributed by atoms with Gasteiger partial charge in [0.1, 0.15) is 5.75 Å². The number of unbranched alkanes of at least 4 members (excludes halogenated alkanes) is 5. The quantitative estimate of drug-likeness (QED) is 0.216. The van der Waals surface area contributed by atoms with Crippen LogP contribution >= 0.6 is 0 Å². The van der Waals surface area contributed by atoms with Crippen LogP contribution in [-0.4, -0.2) is 23.2 Å². The first-order chi connectivity index (χ1) is 14.7. The summed E-state index contributed by atoms with van der Waals surface area (Å²) in [7, 11) is 0. The van der Waals surface area contributed by atoms with Crippen LogP contribution in [-0.2, 0) is 0 Å². The maximum Gasteiger partial charge on any atom is 0.159 e. The molecule has 1 heterocycles. The van der Waals surface area contributed by atoms with Crippen molar-refractivity contribution in [3.05, 3.63) is 49.3 Å². The molecule has 0 aliphatic heterocycles. The van der Waals surface area contributed by atoms with E-state index in [1.54, 1.807) is 12.4 Å². The van der Waals surface area contributed by atoms with Crippen LogP contribution in [0.15, 0.2) is 49.3 Å². The Kier molecular flexibility index (Phi) is 11.6. The lowest BCUT2D eigenvalue weighted by Gasteiger charge is -2.09. The lowest BCUT2D eigenvalue weighted by atomic mass is 10.0. The fourth-order valence-corrected chi connectivity index (χ4v) is 3.18. The minimum atomic E-state index is 0.702. The molecular formula is C26H38N2O2. The Labute approximate surface area is 182 Å². The molecule has 2 aromatic rings. The SMILES string of the molecule is C=CCCCCCCCOc1ccc(-c2ncc(OCCC[C@@H](C)CC)cn2)cc1. The van der Waals surface area contributed by atoms with Crippen LogP contribution in [0.25, 0.3) is 11.4 Å². The first-order valence-electron chi connectivity index (χ1n) is 11.5. The molecule has 30 heavy (non-hydrogen) atoms. The van der Waals surface area contributed by atoms with Crippen LogP contribution in [0.2, 0.25) is 0 Å². The summed E-state index contributed by atoms with van der Waals surface area (Å²) in [5.41, 5.74) is 0.980. The molecule has 2 rings (SSSR count). The molecule has 0 amide bonds. The predicted octanol–water partition coefficient (Wildman–Crippen LogP) is 7.25. The molecule has 0 bridgehead atoms. The van der Waals surface area contributed by atoms with Crippen molar-refractivity contribution in [1.29, 1.82) is 0 Å². The van der Waals surface area contributed by atoms with Gasteiger partial charge >= 0.3 is 0 Å². The van der Waals surface area contributed by atoms with Gasteiger partial charge in [-0.1, -0.05) is 45.6 Å². The number of aromatic nitrogens is 2. The van der Waals surface area contributed by atoms with Gasteiger partial charge in [0.2, 0.25) is 0 Å². The summed E-state index contributed by atoms with van der Waals surface area (Å²) in [6.45, 7) is 9.74. The summed E-state index contributed by atoms with van der Waals surface area (Å²) in [5, 5.41) is 0. The van der Waals surface area contributed by atoms with Crippen LogP contribution in [0, 0.1) is 5.92 Å². The second-order valence-corrected chi connectivity index (χ2v) is 7.96. The van der Waals surface area contributed by atoms with Gasteiger partial charge in [-0.25, -0.2) is 9.97 Å². The highest BCUT2D eigenvalue weighted by atomic mass is 16.5. The monoisotopic (exact) mass is 410 g/mol. The van der Waals surface area contributed by atoms with Crippen molar-refractivity contribution in [3.8, 4) is 22.9 Å². The van der Waals surface area contributed by atoms with Gasteiger partial charge < -0.3 is 9.47 Å². The number of hydrogen-bond acceptors (Lipinski definition) is 4. The molecule has 0 spiro atoms. The van der Waals surface area contributed by atoms with Gasteiger partial charge in [0.25, 0.3) is 0 Å². The zero-order valence-corrected chi connectivity index (χ0v) is 18.8. The Morgan fingerprint density at radius 3 is 2.20 bits per heavy atom. The number of hydrogen-bond donors (Lipinski definition) is 0. The molecule has 0 saturated heterocycles. The van der Waals surface area contributed by atoms with E-state index >= 15 is 0 Å². The molecule has 164 valence electrons. The summed E-state index contributed by atoms with van der Waals surface area (Å²) in [6, 6.07) is 7.99. The maximum absolute atomic E-state index is 5.85. The smallest absolute Gasteiger partial charge is 0.159 e. The van der Waals surface area contributed by atoms with Crippen LogP contribution < -0.4 is 9.47 Å². The van der Waals surface area contributed by atoms with E-state index in [1.807, 2.05) is 30.3 Å². The molecule has 1 aromatic heterocycles. The van der Waals surface area contributed by atoms with E-state index < -0.39 is 0 Å². The van der Waals surface area contributed by atoms with Gasteiger partial charge in [-0.2, -0.15) is 0 Å². The van der Waals surface area contributed by atoms with Crippen LogP contribution in [0.1, 0.15) is 71.6 Å². The molecule has 0 fully saturated rings. The molecule has 4 heteroatoms. The molecule has 1 atom stereocenters. The van der Waals surface area contributed by atoms with E-state index in [9.17, 15) is 0 Å². The van der Waals surface area contributed by atoms with Gasteiger partial charge in [0.15, 0.2) is 11.6 Å². The average Bonchev–Trinajstić information content (AvgIpc) is 2.79. The zero-order valence-electron chi connectivity index (χ0n) is 18.8. The Morgan fingerprint density at radius 1 is 0.867 bits per heavy atom. The van der Waals surface area contributed by atoms with Gasteiger partial charge in [-0.3, -0.25) is 0 Å². The summed E-state index contributed by atoms with van der Waals surface area (Å²) in [5.74, 6) is 3.08. The predicted molar refractivity (Wildman–Crippen MR) is 125 cm³/mol. The fraction of sp³-hybridized carbons (Fsp3) is 0.538. The highest BCUT2D eigenvalue weighted by Crippen LogP contribution is 2.21. The lowest BCUT2D eigenvalue weighted by molar-refractivity contribution is 0.292. The second kappa shape index (κ2) is 14.6. The maximum atomic E-state index is 5.85. The first kappa shape index (κ1) is 23.9. The van der Waals surface area contributed by atoms with E-state index in [1.165, 1.54) is 38.5 Å². The van der Waals surface area contributed by atoms with Crippen molar-refractivity contribution in [2.45, 2.75) is 71.6 Å². The fourth-order valence-electron chi connectivity index (χ4n) is 3.18. The molecule has 0 aliphatic rings. The number of rotatable bonds is 16. The van der Waals surface area contributed by atoms with Gasteiger partial charge in [-0.05, 0) is 62.3 Å². The highest BCUT2D eigenvalue weighted by Gasteiger charge is 2.04. The Bertz CT molecular complexity index is 698. The number of allylic oxidation sites excluding steroid dienone is 1.